The van der Waals surface area contributed by atoms with Gasteiger partial charge in [-0.15, -0.1) is 0 Å². The molecule has 4 atom stereocenters. The highest BCUT2D eigenvalue weighted by Crippen LogP contribution is 2.39. The van der Waals surface area contributed by atoms with Crippen molar-refractivity contribution in [3.8, 4) is 0 Å². The van der Waals surface area contributed by atoms with E-state index in [9.17, 15) is 14.7 Å². The molecule has 0 radical (unpaired) electrons. The Hall–Kier alpha value is -1.42. The number of allylic oxidation sites excluding steroid dienone is 1. The molecular weight excluding hydrogens is 244 g/mol. The van der Waals surface area contributed by atoms with Crippen LogP contribution in [0.3, 0.4) is 0 Å². The lowest BCUT2D eigenvalue weighted by Gasteiger charge is -2.19. The summed E-state index contributed by atoms with van der Waals surface area (Å²) in [5.41, 5.74) is 1.43. The van der Waals surface area contributed by atoms with E-state index in [4.69, 9.17) is 4.74 Å². The number of fused-ring (bicyclic) bond motifs is 1. The van der Waals surface area contributed by atoms with E-state index in [0.29, 0.717) is 24.8 Å². The molecule has 4 nitrogen and oxygen atoms in total. The maximum atomic E-state index is 11.5. The summed E-state index contributed by atoms with van der Waals surface area (Å²) >= 11 is 0. The van der Waals surface area contributed by atoms with Crippen LogP contribution >= 0.6 is 0 Å². The Balaban J connectivity index is 2.18. The topological polar surface area (TPSA) is 63.6 Å². The molecule has 1 aliphatic heterocycles. The number of esters is 1. The number of carbonyl (C=O) groups excluding carboxylic acids is 2. The quantitative estimate of drug-likeness (QED) is 0.479. The molecule has 4 unspecified atom stereocenters. The van der Waals surface area contributed by atoms with E-state index in [1.54, 1.807) is 13.0 Å². The minimum atomic E-state index is -0.754. The lowest BCUT2D eigenvalue weighted by molar-refractivity contribution is -0.139. The molecule has 1 heterocycles. The van der Waals surface area contributed by atoms with Crippen LogP contribution in [0.4, 0.5) is 0 Å². The average Bonchev–Trinajstić information content (AvgIpc) is 2.52. The first-order valence-electron chi connectivity index (χ1n) is 6.68. The van der Waals surface area contributed by atoms with Gasteiger partial charge in [-0.05, 0) is 25.7 Å². The van der Waals surface area contributed by atoms with E-state index < -0.39 is 12.1 Å². The number of carbonyl (C=O) groups is 2. The highest BCUT2D eigenvalue weighted by molar-refractivity contribution is 5.91. The summed E-state index contributed by atoms with van der Waals surface area (Å²) in [6, 6.07) is 0. The van der Waals surface area contributed by atoms with E-state index in [2.05, 4.69) is 6.58 Å². The first-order chi connectivity index (χ1) is 8.90. The Labute approximate surface area is 113 Å². The molecule has 1 aliphatic carbocycles. The number of aliphatic hydroxyl groups excluding tert-OH is 1. The second-order valence-electron chi connectivity index (χ2n) is 5.57. The zero-order chi connectivity index (χ0) is 14.2. The Bertz CT molecular complexity index is 449. The van der Waals surface area contributed by atoms with Crippen LogP contribution in [0.25, 0.3) is 0 Å². The molecule has 2 rings (SSSR count). The SMILES string of the molecule is C=C1C(=O)OC2CC(C)C(CCC(C)=O)=CC(O)C12. The summed E-state index contributed by atoms with van der Waals surface area (Å²) in [6.07, 6.45) is 2.56. The highest BCUT2D eigenvalue weighted by Gasteiger charge is 2.44. The van der Waals surface area contributed by atoms with Crippen molar-refractivity contribution in [1.82, 2.24) is 0 Å². The van der Waals surface area contributed by atoms with Crippen LogP contribution < -0.4 is 0 Å². The van der Waals surface area contributed by atoms with Gasteiger partial charge in [-0.25, -0.2) is 4.79 Å². The molecule has 0 spiro atoms. The fourth-order valence-electron chi connectivity index (χ4n) is 2.90. The third-order valence-corrected chi connectivity index (χ3v) is 4.06. The lowest BCUT2D eigenvalue weighted by Crippen LogP contribution is -2.26. The smallest absolute Gasteiger partial charge is 0.334 e. The van der Waals surface area contributed by atoms with E-state index >= 15 is 0 Å². The van der Waals surface area contributed by atoms with Crippen molar-refractivity contribution in [3.63, 3.8) is 0 Å². The molecule has 0 aromatic heterocycles. The Kier molecular flexibility index (Phi) is 3.90. The lowest BCUT2D eigenvalue weighted by atomic mass is 9.89. The van der Waals surface area contributed by atoms with Crippen molar-refractivity contribution in [2.75, 3.05) is 0 Å². The molecule has 2 aliphatic rings. The van der Waals surface area contributed by atoms with Crippen LogP contribution in [0.15, 0.2) is 23.8 Å². The number of Topliss-reactive ketones (excluding diaryl/α,β-unsaturated/α-hetero) is 1. The molecule has 0 bridgehead atoms. The monoisotopic (exact) mass is 264 g/mol. The van der Waals surface area contributed by atoms with Crippen molar-refractivity contribution < 1.29 is 19.4 Å². The number of aliphatic hydroxyl groups is 1. The van der Waals surface area contributed by atoms with Crippen molar-refractivity contribution in [2.24, 2.45) is 11.8 Å². The minimum absolute atomic E-state index is 0.142. The molecular formula is C15H20O4. The van der Waals surface area contributed by atoms with Gasteiger partial charge in [-0.2, -0.15) is 0 Å². The van der Waals surface area contributed by atoms with Crippen LogP contribution in [0.1, 0.15) is 33.1 Å². The zero-order valence-electron chi connectivity index (χ0n) is 11.4. The number of rotatable bonds is 3. The van der Waals surface area contributed by atoms with Gasteiger partial charge >= 0.3 is 5.97 Å². The fourth-order valence-corrected chi connectivity index (χ4v) is 2.90. The third kappa shape index (κ3) is 2.78. The van der Waals surface area contributed by atoms with Crippen LogP contribution in [0.2, 0.25) is 0 Å². The first-order valence-corrected chi connectivity index (χ1v) is 6.68. The Morgan fingerprint density at radius 1 is 1.58 bits per heavy atom. The summed E-state index contributed by atoms with van der Waals surface area (Å²) in [7, 11) is 0. The van der Waals surface area contributed by atoms with Crippen LogP contribution in [0.5, 0.6) is 0 Å². The van der Waals surface area contributed by atoms with Gasteiger partial charge in [0.15, 0.2) is 0 Å². The fraction of sp³-hybridized carbons (Fsp3) is 0.600. The van der Waals surface area contributed by atoms with Crippen LogP contribution in [-0.4, -0.2) is 29.1 Å². The number of ketones is 1. The molecule has 1 fully saturated rings. The molecule has 0 amide bonds. The van der Waals surface area contributed by atoms with Gasteiger partial charge < -0.3 is 14.6 Å². The predicted octanol–water partition coefficient (Wildman–Crippen LogP) is 1.78. The van der Waals surface area contributed by atoms with Crippen molar-refractivity contribution in [2.45, 2.75) is 45.3 Å². The normalized spacial score (nSPS) is 34.4. The second-order valence-corrected chi connectivity index (χ2v) is 5.57. The van der Waals surface area contributed by atoms with E-state index in [1.807, 2.05) is 6.92 Å². The van der Waals surface area contributed by atoms with E-state index in [0.717, 1.165) is 5.57 Å². The van der Waals surface area contributed by atoms with Gasteiger partial charge in [-0.1, -0.05) is 25.2 Å². The van der Waals surface area contributed by atoms with Gasteiger partial charge in [0.1, 0.15) is 11.9 Å². The number of ether oxygens (including phenoxy) is 1. The summed E-state index contributed by atoms with van der Waals surface area (Å²) < 4.78 is 5.27. The van der Waals surface area contributed by atoms with Gasteiger partial charge in [-0.3, -0.25) is 0 Å². The van der Waals surface area contributed by atoms with Crippen molar-refractivity contribution >= 4 is 11.8 Å². The van der Waals surface area contributed by atoms with Crippen LogP contribution in [0, 0.1) is 11.8 Å². The predicted molar refractivity (Wildman–Crippen MR) is 70.3 cm³/mol. The minimum Gasteiger partial charge on any atom is -0.458 e. The number of hydrogen-bond acceptors (Lipinski definition) is 4. The molecule has 1 saturated heterocycles. The second kappa shape index (κ2) is 5.29. The molecule has 0 aromatic carbocycles. The Morgan fingerprint density at radius 3 is 2.89 bits per heavy atom. The molecule has 0 aromatic rings. The summed E-state index contributed by atoms with van der Waals surface area (Å²) in [5.74, 6) is -0.405. The third-order valence-electron chi connectivity index (χ3n) is 4.06. The van der Waals surface area contributed by atoms with Crippen LogP contribution in [-0.2, 0) is 14.3 Å². The molecule has 0 saturated carbocycles. The van der Waals surface area contributed by atoms with E-state index in [1.165, 1.54) is 0 Å². The Morgan fingerprint density at radius 2 is 2.26 bits per heavy atom. The van der Waals surface area contributed by atoms with Crippen molar-refractivity contribution in [1.29, 1.82) is 0 Å². The first kappa shape index (κ1) is 14.0. The average molecular weight is 264 g/mol. The molecule has 19 heavy (non-hydrogen) atoms. The number of hydrogen-bond donors (Lipinski definition) is 1. The van der Waals surface area contributed by atoms with Gasteiger partial charge in [0.25, 0.3) is 0 Å². The maximum Gasteiger partial charge on any atom is 0.334 e. The van der Waals surface area contributed by atoms with Gasteiger partial charge in [0, 0.05) is 12.0 Å². The maximum absolute atomic E-state index is 11.5. The standard InChI is InChI=1S/C15H20O4/c1-8-6-13-14(10(3)15(18)19-13)12(17)7-11(8)5-4-9(2)16/h7-8,12-14,17H,3-6H2,1-2H3. The molecule has 1 N–H and O–H groups in total. The largest absolute Gasteiger partial charge is 0.458 e. The summed E-state index contributed by atoms with van der Waals surface area (Å²) in [5, 5.41) is 10.2. The zero-order valence-corrected chi connectivity index (χ0v) is 11.4. The van der Waals surface area contributed by atoms with Gasteiger partial charge in [0.2, 0.25) is 0 Å². The molecule has 4 heteroatoms. The highest BCUT2D eigenvalue weighted by atomic mass is 16.6. The van der Waals surface area contributed by atoms with Gasteiger partial charge in [0.05, 0.1) is 12.0 Å². The summed E-state index contributed by atoms with van der Waals surface area (Å²) in [4.78, 5) is 22.6. The summed E-state index contributed by atoms with van der Waals surface area (Å²) in [6.45, 7) is 7.32. The molecule has 104 valence electrons. The van der Waals surface area contributed by atoms with Crippen molar-refractivity contribution in [3.05, 3.63) is 23.8 Å². The van der Waals surface area contributed by atoms with E-state index in [-0.39, 0.29) is 23.7 Å².